The summed E-state index contributed by atoms with van der Waals surface area (Å²) in [5.74, 6) is 0.342. The molecule has 0 aliphatic rings. The van der Waals surface area contributed by atoms with Gasteiger partial charge in [0.15, 0.2) is 12.0 Å². The van der Waals surface area contributed by atoms with Crippen LogP contribution in [0.4, 0.5) is 0 Å². The van der Waals surface area contributed by atoms with Crippen LogP contribution >= 0.6 is 0 Å². The second-order valence-electron chi connectivity index (χ2n) is 3.15. The Bertz CT molecular complexity index is 296. The van der Waals surface area contributed by atoms with Crippen molar-refractivity contribution in [2.75, 3.05) is 0 Å². The molecule has 0 amide bonds. The normalized spacial score (nSPS) is 11.7. The maximum Gasteiger partial charge on any atom is 0.226 e. The molecule has 1 N–H and O–H groups in total. The molecule has 66 valence electrons. The van der Waals surface area contributed by atoms with Crippen LogP contribution in [0.25, 0.3) is 0 Å². The average molecular weight is 169 g/mol. The first kappa shape index (κ1) is 8.93. The first-order chi connectivity index (χ1) is 5.45. The predicted molar refractivity (Wildman–Crippen MR) is 41.9 cm³/mol. The molecule has 0 saturated carbocycles. The summed E-state index contributed by atoms with van der Waals surface area (Å²) >= 11 is 0. The minimum absolute atomic E-state index is 0.169. The Morgan fingerprint density at radius 2 is 2.17 bits per heavy atom. The fourth-order valence-electron chi connectivity index (χ4n) is 0.779. The molecular formula is C8H11NO3. The summed E-state index contributed by atoms with van der Waals surface area (Å²) in [6, 6.07) is 0. The number of nitrogens with zero attached hydrogens (tertiary/aromatic N) is 1. The number of hydrogen-bond donors (Lipinski definition) is 1. The first-order valence-electron chi connectivity index (χ1n) is 3.60. The molecule has 0 radical (unpaired) electrons. The third kappa shape index (κ3) is 1.53. The van der Waals surface area contributed by atoms with Gasteiger partial charge in [-0.15, -0.1) is 0 Å². The quantitative estimate of drug-likeness (QED) is 0.671. The largest absolute Gasteiger partial charge is 0.434 e. The number of aryl methyl sites for hydroxylation is 1. The van der Waals surface area contributed by atoms with Crippen molar-refractivity contribution in [3.63, 3.8) is 0 Å². The third-order valence-electron chi connectivity index (χ3n) is 1.46. The van der Waals surface area contributed by atoms with Crippen LogP contribution < -0.4 is 0 Å². The SMILES string of the molecule is Cc1nc(C(C)(C)O)oc1C=O. The van der Waals surface area contributed by atoms with Crippen molar-refractivity contribution in [1.29, 1.82) is 0 Å². The molecule has 1 heterocycles. The van der Waals surface area contributed by atoms with E-state index < -0.39 is 5.60 Å². The zero-order valence-corrected chi connectivity index (χ0v) is 7.29. The maximum atomic E-state index is 10.4. The van der Waals surface area contributed by atoms with E-state index >= 15 is 0 Å². The summed E-state index contributed by atoms with van der Waals surface area (Å²) in [6.45, 7) is 4.75. The second-order valence-corrected chi connectivity index (χ2v) is 3.15. The Morgan fingerprint density at radius 3 is 2.42 bits per heavy atom. The van der Waals surface area contributed by atoms with Gasteiger partial charge in [-0.3, -0.25) is 4.79 Å². The summed E-state index contributed by atoms with van der Waals surface area (Å²) in [7, 11) is 0. The van der Waals surface area contributed by atoms with E-state index in [9.17, 15) is 9.90 Å². The van der Waals surface area contributed by atoms with Crippen molar-refractivity contribution in [3.05, 3.63) is 17.3 Å². The van der Waals surface area contributed by atoms with Crippen molar-refractivity contribution in [2.45, 2.75) is 26.4 Å². The van der Waals surface area contributed by atoms with Gasteiger partial charge in [-0.25, -0.2) is 4.98 Å². The number of oxazole rings is 1. The Balaban J connectivity index is 3.13. The summed E-state index contributed by atoms with van der Waals surface area (Å²) in [5, 5.41) is 9.45. The molecule has 12 heavy (non-hydrogen) atoms. The van der Waals surface area contributed by atoms with Crippen LogP contribution in [0, 0.1) is 6.92 Å². The molecule has 1 aromatic rings. The lowest BCUT2D eigenvalue weighted by Crippen LogP contribution is -2.15. The highest BCUT2D eigenvalue weighted by Crippen LogP contribution is 2.20. The average Bonchev–Trinajstić information content (AvgIpc) is 2.29. The molecule has 0 bridgehead atoms. The zero-order valence-electron chi connectivity index (χ0n) is 7.29. The van der Waals surface area contributed by atoms with Gasteiger partial charge in [0.25, 0.3) is 0 Å². The van der Waals surface area contributed by atoms with E-state index in [-0.39, 0.29) is 11.7 Å². The van der Waals surface area contributed by atoms with Gasteiger partial charge in [-0.2, -0.15) is 0 Å². The molecule has 0 aromatic carbocycles. The van der Waals surface area contributed by atoms with Crippen LogP contribution in [0.2, 0.25) is 0 Å². The van der Waals surface area contributed by atoms with E-state index in [4.69, 9.17) is 4.42 Å². The smallest absolute Gasteiger partial charge is 0.226 e. The second kappa shape index (κ2) is 2.71. The molecule has 0 saturated heterocycles. The third-order valence-corrected chi connectivity index (χ3v) is 1.46. The lowest BCUT2D eigenvalue weighted by atomic mass is 10.1. The van der Waals surface area contributed by atoms with Gasteiger partial charge in [0.05, 0.1) is 5.69 Å². The zero-order chi connectivity index (χ0) is 9.35. The Hall–Kier alpha value is -1.16. The monoisotopic (exact) mass is 169 g/mol. The molecule has 1 rings (SSSR count). The van der Waals surface area contributed by atoms with Crippen LogP contribution in [0.3, 0.4) is 0 Å². The van der Waals surface area contributed by atoms with Crippen LogP contribution in [-0.4, -0.2) is 16.4 Å². The maximum absolute atomic E-state index is 10.4. The fraction of sp³-hybridized carbons (Fsp3) is 0.500. The number of carbonyl (C=O) groups is 1. The lowest BCUT2D eigenvalue weighted by Gasteiger charge is -2.10. The van der Waals surface area contributed by atoms with E-state index in [1.54, 1.807) is 20.8 Å². The number of aliphatic hydroxyl groups is 1. The molecule has 0 unspecified atom stereocenters. The fourth-order valence-corrected chi connectivity index (χ4v) is 0.779. The Morgan fingerprint density at radius 1 is 1.58 bits per heavy atom. The number of hydrogen-bond acceptors (Lipinski definition) is 4. The molecule has 0 aliphatic carbocycles. The minimum Gasteiger partial charge on any atom is -0.434 e. The molecule has 0 spiro atoms. The van der Waals surface area contributed by atoms with Gasteiger partial charge >= 0.3 is 0 Å². The number of aldehydes is 1. The highest BCUT2D eigenvalue weighted by atomic mass is 16.4. The molecular weight excluding hydrogens is 158 g/mol. The highest BCUT2D eigenvalue weighted by molar-refractivity contribution is 5.71. The van der Waals surface area contributed by atoms with Crippen molar-refractivity contribution in [1.82, 2.24) is 4.98 Å². The van der Waals surface area contributed by atoms with Crippen molar-refractivity contribution in [3.8, 4) is 0 Å². The highest BCUT2D eigenvalue weighted by Gasteiger charge is 2.23. The van der Waals surface area contributed by atoms with Gasteiger partial charge in [0, 0.05) is 0 Å². The van der Waals surface area contributed by atoms with Gasteiger partial charge in [0.2, 0.25) is 5.89 Å². The first-order valence-corrected chi connectivity index (χ1v) is 3.60. The van der Waals surface area contributed by atoms with Crippen molar-refractivity contribution in [2.24, 2.45) is 0 Å². The van der Waals surface area contributed by atoms with Gasteiger partial charge in [0.1, 0.15) is 5.60 Å². The van der Waals surface area contributed by atoms with Crippen molar-refractivity contribution < 1.29 is 14.3 Å². The van der Waals surface area contributed by atoms with Gasteiger partial charge < -0.3 is 9.52 Å². The molecule has 0 aliphatic heterocycles. The van der Waals surface area contributed by atoms with E-state index in [0.29, 0.717) is 12.0 Å². The summed E-state index contributed by atoms with van der Waals surface area (Å²) in [6.07, 6.45) is 0.581. The predicted octanol–water partition coefficient (Wildman–Crippen LogP) is 1.02. The van der Waals surface area contributed by atoms with Gasteiger partial charge in [-0.05, 0) is 20.8 Å². The number of carbonyl (C=O) groups excluding carboxylic acids is 1. The van der Waals surface area contributed by atoms with Crippen molar-refractivity contribution >= 4 is 6.29 Å². The summed E-state index contributed by atoms with van der Waals surface area (Å²) < 4.78 is 5.00. The Labute approximate surface area is 70.2 Å². The molecule has 0 fully saturated rings. The van der Waals surface area contributed by atoms with Gasteiger partial charge in [-0.1, -0.05) is 0 Å². The van der Waals surface area contributed by atoms with Crippen LogP contribution in [0.15, 0.2) is 4.42 Å². The summed E-state index contributed by atoms with van der Waals surface area (Å²) in [4.78, 5) is 14.3. The van der Waals surface area contributed by atoms with E-state index in [0.717, 1.165) is 0 Å². The molecule has 0 atom stereocenters. The molecule has 4 nitrogen and oxygen atoms in total. The molecule has 4 heteroatoms. The van der Waals surface area contributed by atoms with E-state index in [1.165, 1.54) is 0 Å². The Kier molecular flexibility index (Phi) is 2.02. The number of rotatable bonds is 2. The van der Waals surface area contributed by atoms with Crippen LogP contribution in [-0.2, 0) is 5.60 Å². The minimum atomic E-state index is -1.13. The van der Waals surface area contributed by atoms with Crippen LogP contribution in [0.1, 0.15) is 36.0 Å². The number of aromatic nitrogens is 1. The van der Waals surface area contributed by atoms with Crippen LogP contribution in [0.5, 0.6) is 0 Å². The standard InChI is InChI=1S/C8H11NO3/c1-5-6(4-10)12-7(9-5)8(2,3)11/h4,11H,1-3H3. The van der Waals surface area contributed by atoms with E-state index in [1.807, 2.05) is 0 Å². The molecule has 1 aromatic heterocycles. The lowest BCUT2D eigenvalue weighted by molar-refractivity contribution is 0.0474. The van der Waals surface area contributed by atoms with E-state index in [2.05, 4.69) is 4.98 Å². The summed E-state index contributed by atoms with van der Waals surface area (Å²) in [5.41, 5.74) is -0.631. The topological polar surface area (TPSA) is 63.3 Å².